The van der Waals surface area contributed by atoms with Crippen molar-refractivity contribution in [3.05, 3.63) is 75.9 Å². The zero-order valence-corrected chi connectivity index (χ0v) is 16.3. The molecule has 28 heavy (non-hydrogen) atoms. The van der Waals surface area contributed by atoms with E-state index in [1.165, 1.54) is 17.6 Å². The molecule has 4 rings (SSSR count). The average Bonchev–Trinajstić information content (AvgIpc) is 3.38. The van der Waals surface area contributed by atoms with Crippen LogP contribution in [0.1, 0.15) is 31.5 Å². The van der Waals surface area contributed by atoms with E-state index in [0.29, 0.717) is 14.9 Å². The van der Waals surface area contributed by atoms with Crippen LogP contribution in [0.25, 0.3) is 5.65 Å². The fourth-order valence-corrected chi connectivity index (χ4v) is 3.86. The van der Waals surface area contributed by atoms with Gasteiger partial charge in [0.25, 0.3) is 11.8 Å². The van der Waals surface area contributed by atoms with E-state index in [1.807, 2.05) is 23.6 Å². The summed E-state index contributed by atoms with van der Waals surface area (Å²) in [7, 11) is 0. The average molecular weight is 415 g/mol. The monoisotopic (exact) mass is 414 g/mol. The molecule has 0 aliphatic heterocycles. The molecule has 4 aromatic rings. The number of carbonyl (C=O) groups excluding carboxylic acids is 2. The molecule has 0 saturated carbocycles. The molecule has 9 heteroatoms. The number of rotatable bonds is 5. The molecule has 0 fully saturated rings. The lowest BCUT2D eigenvalue weighted by Crippen LogP contribution is -2.22. The molecule has 4 heterocycles. The summed E-state index contributed by atoms with van der Waals surface area (Å²) in [5.74, 6) is -0.373. The van der Waals surface area contributed by atoms with Gasteiger partial charge in [0.15, 0.2) is 5.76 Å². The zero-order valence-electron chi connectivity index (χ0n) is 14.7. The number of furan rings is 1. The number of thiophene rings is 1. The van der Waals surface area contributed by atoms with Crippen molar-refractivity contribution in [2.75, 3.05) is 5.32 Å². The maximum atomic E-state index is 12.5. The van der Waals surface area contributed by atoms with Crippen LogP contribution >= 0.6 is 22.9 Å². The van der Waals surface area contributed by atoms with Crippen LogP contribution in [-0.4, -0.2) is 21.2 Å². The number of aryl methyl sites for hydroxylation is 1. The van der Waals surface area contributed by atoms with Crippen LogP contribution in [0.15, 0.2) is 53.4 Å². The van der Waals surface area contributed by atoms with Gasteiger partial charge in [0, 0.05) is 12.4 Å². The van der Waals surface area contributed by atoms with E-state index >= 15 is 0 Å². The van der Waals surface area contributed by atoms with Gasteiger partial charge in [-0.3, -0.25) is 9.59 Å². The van der Waals surface area contributed by atoms with Gasteiger partial charge in [-0.05, 0) is 42.8 Å². The van der Waals surface area contributed by atoms with Crippen LogP contribution in [0.2, 0.25) is 5.02 Å². The first-order valence-electron chi connectivity index (χ1n) is 8.36. The molecular weight excluding hydrogens is 400 g/mol. The van der Waals surface area contributed by atoms with Crippen LogP contribution in [0.5, 0.6) is 0 Å². The van der Waals surface area contributed by atoms with Gasteiger partial charge < -0.3 is 19.5 Å². The lowest BCUT2D eigenvalue weighted by Gasteiger charge is -2.02. The number of carbonyl (C=O) groups is 2. The van der Waals surface area contributed by atoms with Gasteiger partial charge in [0.2, 0.25) is 0 Å². The van der Waals surface area contributed by atoms with Gasteiger partial charge in [0.1, 0.15) is 5.65 Å². The predicted molar refractivity (Wildman–Crippen MR) is 107 cm³/mol. The number of anilines is 1. The van der Waals surface area contributed by atoms with Crippen molar-refractivity contribution < 1.29 is 14.0 Å². The summed E-state index contributed by atoms with van der Waals surface area (Å²) in [6.45, 7) is 2.10. The van der Waals surface area contributed by atoms with Crippen LogP contribution in [-0.2, 0) is 6.54 Å². The first-order chi connectivity index (χ1) is 13.5. The number of hydrogen-bond acceptors (Lipinski definition) is 5. The van der Waals surface area contributed by atoms with E-state index in [-0.39, 0.29) is 24.1 Å². The van der Waals surface area contributed by atoms with Crippen LogP contribution < -0.4 is 10.6 Å². The SMILES string of the molecule is Cc1cc(NC(=O)c2ccco2)sc1C(=O)NCc1cn2cc(Cl)ccc2n1. The Morgan fingerprint density at radius 2 is 2.11 bits per heavy atom. The summed E-state index contributed by atoms with van der Waals surface area (Å²) >= 11 is 7.18. The number of hydrogen-bond donors (Lipinski definition) is 2. The van der Waals surface area contributed by atoms with Gasteiger partial charge in [0.05, 0.1) is 33.4 Å². The van der Waals surface area contributed by atoms with Crippen molar-refractivity contribution in [2.24, 2.45) is 0 Å². The molecule has 0 radical (unpaired) electrons. The normalized spacial score (nSPS) is 10.9. The molecule has 0 atom stereocenters. The Bertz CT molecular complexity index is 1160. The standard InChI is InChI=1S/C19H15ClN4O3S/c1-11-7-16(23-18(25)14-3-2-6-27-14)28-17(11)19(26)21-8-13-10-24-9-12(20)4-5-15(24)22-13/h2-7,9-10H,8H2,1H3,(H,21,26)(H,23,25). The van der Waals surface area contributed by atoms with Crippen LogP contribution in [0.4, 0.5) is 5.00 Å². The topological polar surface area (TPSA) is 88.6 Å². The third-order valence-corrected chi connectivity index (χ3v) is 5.38. The minimum absolute atomic E-state index is 0.212. The second kappa shape index (κ2) is 7.49. The van der Waals surface area contributed by atoms with E-state index in [1.54, 1.807) is 30.5 Å². The third kappa shape index (κ3) is 3.78. The maximum Gasteiger partial charge on any atom is 0.291 e. The lowest BCUT2D eigenvalue weighted by atomic mass is 10.2. The molecular formula is C19H15ClN4O3S. The fourth-order valence-electron chi connectivity index (χ4n) is 2.70. The highest BCUT2D eigenvalue weighted by Crippen LogP contribution is 2.27. The Morgan fingerprint density at radius 1 is 1.25 bits per heavy atom. The van der Waals surface area contributed by atoms with Crippen molar-refractivity contribution in [3.8, 4) is 0 Å². The summed E-state index contributed by atoms with van der Waals surface area (Å²) in [6.07, 6.45) is 5.01. The molecule has 2 amide bonds. The van der Waals surface area contributed by atoms with Gasteiger partial charge >= 0.3 is 0 Å². The lowest BCUT2D eigenvalue weighted by molar-refractivity contribution is 0.0952. The molecule has 0 spiro atoms. The molecule has 7 nitrogen and oxygen atoms in total. The molecule has 0 aliphatic carbocycles. The summed E-state index contributed by atoms with van der Waals surface area (Å²) < 4.78 is 6.88. The Labute approximate surface area is 169 Å². The molecule has 0 saturated heterocycles. The quantitative estimate of drug-likeness (QED) is 0.513. The van der Waals surface area contributed by atoms with Gasteiger partial charge in [-0.1, -0.05) is 11.6 Å². The Balaban J connectivity index is 1.42. The second-order valence-corrected chi connectivity index (χ2v) is 7.57. The molecule has 0 aromatic carbocycles. The number of nitrogens with zero attached hydrogens (tertiary/aromatic N) is 2. The number of imidazole rings is 1. The zero-order chi connectivity index (χ0) is 19.7. The van der Waals surface area contributed by atoms with E-state index in [2.05, 4.69) is 15.6 Å². The first-order valence-corrected chi connectivity index (χ1v) is 9.55. The molecule has 2 N–H and O–H groups in total. The number of aromatic nitrogens is 2. The summed E-state index contributed by atoms with van der Waals surface area (Å²) in [6, 6.07) is 8.55. The van der Waals surface area contributed by atoms with Crippen LogP contribution in [0, 0.1) is 6.92 Å². The third-order valence-electron chi connectivity index (χ3n) is 4.00. The Morgan fingerprint density at radius 3 is 2.89 bits per heavy atom. The smallest absolute Gasteiger partial charge is 0.291 e. The minimum atomic E-state index is -0.360. The number of amides is 2. The first kappa shape index (κ1) is 18.3. The van der Waals surface area contributed by atoms with Gasteiger partial charge in [-0.25, -0.2) is 4.98 Å². The number of nitrogens with one attached hydrogen (secondary N) is 2. The summed E-state index contributed by atoms with van der Waals surface area (Å²) in [5.41, 5.74) is 2.25. The minimum Gasteiger partial charge on any atom is -0.459 e. The summed E-state index contributed by atoms with van der Waals surface area (Å²) in [4.78, 5) is 29.6. The van der Waals surface area contributed by atoms with E-state index in [0.717, 1.165) is 16.9 Å². The number of pyridine rings is 1. The Hall–Kier alpha value is -3.10. The highest BCUT2D eigenvalue weighted by atomic mass is 35.5. The van der Waals surface area contributed by atoms with E-state index in [9.17, 15) is 9.59 Å². The fraction of sp³-hybridized carbons (Fsp3) is 0.105. The number of halogens is 1. The summed E-state index contributed by atoms with van der Waals surface area (Å²) in [5, 5.41) is 6.78. The van der Waals surface area contributed by atoms with Gasteiger partial charge in [-0.2, -0.15) is 0 Å². The van der Waals surface area contributed by atoms with Crippen molar-refractivity contribution in [2.45, 2.75) is 13.5 Å². The van der Waals surface area contributed by atoms with Crippen molar-refractivity contribution in [1.82, 2.24) is 14.7 Å². The van der Waals surface area contributed by atoms with Crippen molar-refractivity contribution in [3.63, 3.8) is 0 Å². The maximum absolute atomic E-state index is 12.5. The molecule has 4 aromatic heterocycles. The molecule has 0 unspecified atom stereocenters. The molecule has 0 bridgehead atoms. The van der Waals surface area contributed by atoms with Crippen LogP contribution in [0.3, 0.4) is 0 Å². The second-order valence-electron chi connectivity index (χ2n) is 6.08. The predicted octanol–water partition coefficient (Wildman–Crippen LogP) is 4.13. The van der Waals surface area contributed by atoms with Crippen molar-refractivity contribution >= 4 is 45.4 Å². The highest BCUT2D eigenvalue weighted by Gasteiger charge is 2.16. The van der Waals surface area contributed by atoms with E-state index in [4.69, 9.17) is 16.0 Å². The van der Waals surface area contributed by atoms with E-state index < -0.39 is 0 Å². The highest BCUT2D eigenvalue weighted by molar-refractivity contribution is 7.18. The van der Waals surface area contributed by atoms with Gasteiger partial charge in [-0.15, -0.1) is 11.3 Å². The number of fused-ring (bicyclic) bond motifs is 1. The Kier molecular flexibility index (Phi) is 4.89. The molecule has 0 aliphatic rings. The molecule has 142 valence electrons. The largest absolute Gasteiger partial charge is 0.459 e. The van der Waals surface area contributed by atoms with Crippen molar-refractivity contribution in [1.29, 1.82) is 0 Å².